The fraction of sp³-hybridized carbons (Fsp3) is 0.600. The molecule has 0 saturated heterocycles. The summed E-state index contributed by atoms with van der Waals surface area (Å²) in [7, 11) is 4.10. The van der Waals surface area contributed by atoms with Crippen LogP contribution in [0.25, 0.3) is 0 Å². The monoisotopic (exact) mass is 241 g/mol. The van der Waals surface area contributed by atoms with E-state index in [-0.39, 0.29) is 0 Å². The van der Waals surface area contributed by atoms with E-state index in [0.29, 0.717) is 0 Å². The summed E-state index contributed by atoms with van der Waals surface area (Å²) in [6.45, 7) is 17.0. The third-order valence-electron chi connectivity index (χ3n) is 1.50. The van der Waals surface area contributed by atoms with E-state index in [9.17, 15) is 0 Å². The fourth-order valence-corrected chi connectivity index (χ4v) is 0.862. The maximum absolute atomic E-state index is 5.43. The van der Waals surface area contributed by atoms with E-state index in [2.05, 4.69) is 18.1 Å². The van der Waals surface area contributed by atoms with Crippen LogP contribution >= 0.6 is 0 Å². The predicted molar refractivity (Wildman–Crippen MR) is 80.3 cm³/mol. The van der Waals surface area contributed by atoms with Crippen molar-refractivity contribution in [3.63, 3.8) is 0 Å². The van der Waals surface area contributed by atoms with Gasteiger partial charge >= 0.3 is 0 Å². The Labute approximate surface area is 109 Å². The number of nitrogens with zero attached hydrogens (tertiary/aromatic N) is 1. The average molecular weight is 241 g/mol. The van der Waals surface area contributed by atoms with Crippen molar-refractivity contribution in [3.8, 4) is 0 Å². The zero-order valence-electron chi connectivity index (χ0n) is 12.6. The van der Waals surface area contributed by atoms with Crippen LogP contribution in [0.3, 0.4) is 0 Å². The van der Waals surface area contributed by atoms with E-state index < -0.39 is 0 Å². The Hall–Kier alpha value is -1.02. The lowest BCUT2D eigenvalue weighted by Gasteiger charge is -2.10. The van der Waals surface area contributed by atoms with E-state index in [1.807, 2.05) is 47.9 Å². The van der Waals surface area contributed by atoms with Crippen molar-refractivity contribution in [2.24, 2.45) is 0 Å². The van der Waals surface area contributed by atoms with Crippen molar-refractivity contribution in [3.05, 3.63) is 37.1 Å². The lowest BCUT2D eigenvalue weighted by molar-refractivity contribution is 0.207. The molecule has 0 unspecified atom stereocenters. The molecule has 0 amide bonds. The van der Waals surface area contributed by atoms with Gasteiger partial charge in [-0.1, -0.05) is 46.9 Å². The van der Waals surface area contributed by atoms with Crippen molar-refractivity contribution < 1.29 is 4.74 Å². The zero-order chi connectivity index (χ0) is 14.1. The maximum Gasteiger partial charge on any atom is 0.118 e. The summed E-state index contributed by atoms with van der Waals surface area (Å²) in [5, 5.41) is 0. The molecule has 0 aromatic heterocycles. The van der Waals surface area contributed by atoms with E-state index in [1.54, 1.807) is 12.2 Å². The first-order valence-electron chi connectivity index (χ1n) is 6.43. The van der Waals surface area contributed by atoms with Gasteiger partial charge in [0.25, 0.3) is 0 Å². The second-order valence-corrected chi connectivity index (χ2v) is 3.01. The number of rotatable bonds is 7. The minimum atomic E-state index is 0.726. The van der Waals surface area contributed by atoms with Crippen LogP contribution in [-0.4, -0.2) is 32.1 Å². The van der Waals surface area contributed by atoms with Gasteiger partial charge in [-0.2, -0.15) is 0 Å². The number of hydrogen-bond donors (Lipinski definition) is 0. The minimum absolute atomic E-state index is 0.726. The van der Waals surface area contributed by atoms with Gasteiger partial charge in [0.15, 0.2) is 0 Å². The highest BCUT2D eigenvalue weighted by atomic mass is 16.5. The van der Waals surface area contributed by atoms with Crippen LogP contribution in [-0.2, 0) is 4.74 Å². The molecule has 0 atom stereocenters. The van der Waals surface area contributed by atoms with Crippen LogP contribution < -0.4 is 0 Å². The van der Waals surface area contributed by atoms with Crippen molar-refractivity contribution in [1.82, 2.24) is 4.90 Å². The molecule has 0 heterocycles. The van der Waals surface area contributed by atoms with E-state index in [4.69, 9.17) is 4.74 Å². The lowest BCUT2D eigenvalue weighted by Crippen LogP contribution is -2.14. The SMILES string of the molecule is C=C/C=C(\C=C)OCCCN(C)C.CC.CC. The first-order valence-corrected chi connectivity index (χ1v) is 6.43. The molecule has 102 valence electrons. The van der Waals surface area contributed by atoms with Crippen molar-refractivity contribution in [2.75, 3.05) is 27.2 Å². The second kappa shape index (κ2) is 20.4. The molecule has 0 saturated carbocycles. The van der Waals surface area contributed by atoms with Crippen LogP contribution in [0.1, 0.15) is 34.1 Å². The summed E-state index contributed by atoms with van der Waals surface area (Å²) >= 11 is 0. The van der Waals surface area contributed by atoms with Gasteiger partial charge < -0.3 is 9.64 Å². The smallest absolute Gasteiger partial charge is 0.118 e. The molecule has 0 aromatic rings. The van der Waals surface area contributed by atoms with Gasteiger partial charge in [0.1, 0.15) is 5.76 Å². The molecule has 2 nitrogen and oxygen atoms in total. The van der Waals surface area contributed by atoms with Crippen LogP contribution in [0.2, 0.25) is 0 Å². The summed E-state index contributed by atoms with van der Waals surface area (Å²) in [5.74, 6) is 0.786. The molecule has 0 N–H and O–H groups in total. The third-order valence-corrected chi connectivity index (χ3v) is 1.50. The molecule has 0 aliphatic carbocycles. The van der Waals surface area contributed by atoms with Crippen molar-refractivity contribution in [1.29, 1.82) is 0 Å². The Balaban J connectivity index is -0.000000439. The minimum Gasteiger partial charge on any atom is -0.494 e. The van der Waals surface area contributed by atoms with Gasteiger partial charge in [-0.25, -0.2) is 0 Å². The number of ether oxygens (including phenoxy) is 1. The Morgan fingerprint density at radius 2 is 1.65 bits per heavy atom. The first-order chi connectivity index (χ1) is 8.20. The van der Waals surface area contributed by atoms with Crippen molar-refractivity contribution in [2.45, 2.75) is 34.1 Å². The Morgan fingerprint density at radius 3 is 2.00 bits per heavy atom. The molecule has 0 radical (unpaired) electrons. The standard InChI is InChI=1S/C11H19NO.2C2H6/c1-5-8-11(6-2)13-10-7-9-12(3)4;2*1-2/h5-6,8H,1-2,7,9-10H2,3-4H3;2*1-2H3/b11-8+;;. The van der Waals surface area contributed by atoms with Gasteiger partial charge in [-0.3, -0.25) is 0 Å². The highest BCUT2D eigenvalue weighted by Crippen LogP contribution is 1.99. The third kappa shape index (κ3) is 20.9. The zero-order valence-corrected chi connectivity index (χ0v) is 12.6. The van der Waals surface area contributed by atoms with Gasteiger partial charge in [-0.15, -0.1) is 0 Å². The summed E-state index contributed by atoms with van der Waals surface area (Å²) in [6.07, 6.45) is 6.22. The molecule has 0 spiro atoms. The molecule has 0 bridgehead atoms. The van der Waals surface area contributed by atoms with Gasteiger partial charge in [-0.05, 0) is 32.7 Å². The van der Waals surface area contributed by atoms with Gasteiger partial charge in [0.2, 0.25) is 0 Å². The topological polar surface area (TPSA) is 12.5 Å². The van der Waals surface area contributed by atoms with Crippen LogP contribution in [0.15, 0.2) is 37.1 Å². The molecule has 0 fully saturated rings. The Morgan fingerprint density at radius 1 is 1.12 bits per heavy atom. The summed E-state index contributed by atoms with van der Waals surface area (Å²) < 4.78 is 5.43. The second-order valence-electron chi connectivity index (χ2n) is 3.01. The van der Waals surface area contributed by atoms with Gasteiger partial charge in [0.05, 0.1) is 6.61 Å². The number of hydrogen-bond acceptors (Lipinski definition) is 2. The van der Waals surface area contributed by atoms with Crippen molar-refractivity contribution >= 4 is 0 Å². The van der Waals surface area contributed by atoms with Crippen LogP contribution in [0.5, 0.6) is 0 Å². The highest BCUT2D eigenvalue weighted by molar-refractivity contribution is 5.14. The number of allylic oxidation sites excluding steroid dienone is 3. The molecular weight excluding hydrogens is 210 g/mol. The highest BCUT2D eigenvalue weighted by Gasteiger charge is 1.92. The molecule has 2 heteroatoms. The molecular formula is C15H31NO. The lowest BCUT2D eigenvalue weighted by atomic mass is 10.4. The van der Waals surface area contributed by atoms with Gasteiger partial charge in [0, 0.05) is 6.54 Å². The molecule has 0 aliphatic heterocycles. The fourth-order valence-electron chi connectivity index (χ4n) is 0.862. The summed E-state index contributed by atoms with van der Waals surface area (Å²) in [5.41, 5.74) is 0. The normalized spacial score (nSPS) is 9.47. The van der Waals surface area contributed by atoms with Crippen LogP contribution in [0, 0.1) is 0 Å². The maximum atomic E-state index is 5.43. The molecule has 0 rings (SSSR count). The Kier molecular flexibility index (Phi) is 25.5. The Bertz CT molecular complexity index is 183. The predicted octanol–water partition coefficient (Wildman–Crippen LogP) is 4.26. The molecule has 0 aromatic carbocycles. The van der Waals surface area contributed by atoms with E-state index in [0.717, 1.165) is 25.3 Å². The average Bonchev–Trinajstić information content (AvgIpc) is 2.37. The van der Waals surface area contributed by atoms with Crippen LogP contribution in [0.4, 0.5) is 0 Å². The summed E-state index contributed by atoms with van der Waals surface area (Å²) in [6, 6.07) is 0. The first kappa shape index (κ1) is 21.3. The molecule has 17 heavy (non-hydrogen) atoms. The van der Waals surface area contributed by atoms with E-state index >= 15 is 0 Å². The molecule has 0 aliphatic rings. The quantitative estimate of drug-likeness (QED) is 0.375. The van der Waals surface area contributed by atoms with E-state index in [1.165, 1.54) is 0 Å². The summed E-state index contributed by atoms with van der Waals surface area (Å²) in [4.78, 5) is 2.13. The largest absolute Gasteiger partial charge is 0.494 e.